The molecule has 2 fully saturated rings. The van der Waals surface area contributed by atoms with Crippen molar-refractivity contribution in [2.24, 2.45) is 11.8 Å². The quantitative estimate of drug-likeness (QED) is 0.770. The highest BCUT2D eigenvalue weighted by Gasteiger charge is 2.32. The average molecular weight is 252 g/mol. The molecule has 0 aromatic rings. The lowest BCUT2D eigenvalue weighted by molar-refractivity contribution is 0.0685. The summed E-state index contributed by atoms with van der Waals surface area (Å²) in [6.07, 6.45) is 6.93. The maximum absolute atomic E-state index is 3.70. The van der Waals surface area contributed by atoms with Crippen molar-refractivity contribution in [1.29, 1.82) is 0 Å². The van der Waals surface area contributed by atoms with Crippen molar-refractivity contribution in [2.45, 2.75) is 77.9 Å². The van der Waals surface area contributed by atoms with Crippen LogP contribution in [0.4, 0.5) is 0 Å². The third-order valence-corrected chi connectivity index (χ3v) is 5.40. The van der Waals surface area contributed by atoms with Gasteiger partial charge in [0.2, 0.25) is 0 Å². The molecule has 1 saturated heterocycles. The van der Waals surface area contributed by atoms with Gasteiger partial charge in [-0.2, -0.15) is 0 Å². The molecule has 2 heteroatoms. The molecule has 0 amide bonds. The van der Waals surface area contributed by atoms with Gasteiger partial charge in [0.25, 0.3) is 0 Å². The van der Waals surface area contributed by atoms with Crippen LogP contribution >= 0.6 is 0 Å². The monoisotopic (exact) mass is 252 g/mol. The van der Waals surface area contributed by atoms with E-state index in [4.69, 9.17) is 0 Å². The Kier molecular flexibility index (Phi) is 5.08. The molecule has 0 radical (unpaired) electrons. The van der Waals surface area contributed by atoms with Gasteiger partial charge in [-0.25, -0.2) is 0 Å². The van der Waals surface area contributed by atoms with E-state index in [1.165, 1.54) is 45.2 Å². The standard InChI is InChI=1S/C16H32N2/c1-12-6-5-7-16(15(12)4)18-10-8-13(2)17-14(3)9-11-18/h12-17H,5-11H2,1-4H3. The summed E-state index contributed by atoms with van der Waals surface area (Å²) in [7, 11) is 0. The molecule has 1 heterocycles. The van der Waals surface area contributed by atoms with Gasteiger partial charge in [-0.3, -0.25) is 4.90 Å². The second-order valence-electron chi connectivity index (χ2n) is 6.92. The molecule has 1 N–H and O–H groups in total. The molecule has 1 saturated carbocycles. The summed E-state index contributed by atoms with van der Waals surface area (Å²) < 4.78 is 0. The summed E-state index contributed by atoms with van der Waals surface area (Å²) >= 11 is 0. The van der Waals surface area contributed by atoms with Gasteiger partial charge in [-0.1, -0.05) is 26.7 Å². The number of hydrogen-bond acceptors (Lipinski definition) is 2. The van der Waals surface area contributed by atoms with Gasteiger partial charge in [0.15, 0.2) is 0 Å². The Labute approximate surface area is 114 Å². The first-order chi connectivity index (χ1) is 8.58. The SMILES string of the molecule is CC1CCN(C2CCCC(C)C2C)CCC(C)N1. The molecule has 2 nitrogen and oxygen atoms in total. The van der Waals surface area contributed by atoms with E-state index in [1.54, 1.807) is 0 Å². The average Bonchev–Trinajstić information content (AvgIpc) is 2.31. The van der Waals surface area contributed by atoms with Crippen LogP contribution in [0, 0.1) is 11.8 Å². The van der Waals surface area contributed by atoms with E-state index < -0.39 is 0 Å². The molecular formula is C16H32N2. The molecule has 1 aliphatic carbocycles. The van der Waals surface area contributed by atoms with Crippen molar-refractivity contribution >= 4 is 0 Å². The first-order valence-corrected chi connectivity index (χ1v) is 8.08. The summed E-state index contributed by atoms with van der Waals surface area (Å²) in [5.41, 5.74) is 0. The summed E-state index contributed by atoms with van der Waals surface area (Å²) in [6, 6.07) is 2.21. The third kappa shape index (κ3) is 3.48. The van der Waals surface area contributed by atoms with Gasteiger partial charge < -0.3 is 5.32 Å². The second kappa shape index (κ2) is 6.38. The van der Waals surface area contributed by atoms with E-state index in [0.29, 0.717) is 12.1 Å². The summed E-state index contributed by atoms with van der Waals surface area (Å²) in [5.74, 6) is 1.80. The Balaban J connectivity index is 1.97. The van der Waals surface area contributed by atoms with Gasteiger partial charge in [-0.05, 0) is 58.0 Å². The zero-order chi connectivity index (χ0) is 13.1. The van der Waals surface area contributed by atoms with Crippen molar-refractivity contribution in [2.75, 3.05) is 13.1 Å². The second-order valence-corrected chi connectivity index (χ2v) is 6.92. The van der Waals surface area contributed by atoms with Crippen molar-refractivity contribution in [1.82, 2.24) is 10.2 Å². The lowest BCUT2D eigenvalue weighted by Gasteiger charge is -2.43. The highest BCUT2D eigenvalue weighted by Crippen LogP contribution is 2.33. The molecule has 0 spiro atoms. The molecule has 0 aromatic heterocycles. The Bertz CT molecular complexity index is 241. The minimum absolute atomic E-state index is 0.680. The minimum atomic E-state index is 0.680. The maximum atomic E-state index is 3.70. The van der Waals surface area contributed by atoms with Crippen LogP contribution in [0.15, 0.2) is 0 Å². The number of hydrogen-bond donors (Lipinski definition) is 1. The predicted molar refractivity (Wildman–Crippen MR) is 78.8 cm³/mol. The maximum Gasteiger partial charge on any atom is 0.0123 e. The van der Waals surface area contributed by atoms with Crippen LogP contribution in [-0.2, 0) is 0 Å². The minimum Gasteiger partial charge on any atom is -0.312 e. The molecule has 18 heavy (non-hydrogen) atoms. The lowest BCUT2D eigenvalue weighted by atomic mass is 9.77. The Hall–Kier alpha value is -0.0800. The number of rotatable bonds is 1. The fourth-order valence-electron chi connectivity index (χ4n) is 3.88. The first-order valence-electron chi connectivity index (χ1n) is 8.08. The Morgan fingerprint density at radius 1 is 0.833 bits per heavy atom. The van der Waals surface area contributed by atoms with Gasteiger partial charge >= 0.3 is 0 Å². The highest BCUT2D eigenvalue weighted by atomic mass is 15.2. The van der Waals surface area contributed by atoms with Crippen LogP contribution in [0.2, 0.25) is 0 Å². The van der Waals surface area contributed by atoms with Crippen molar-refractivity contribution in [3.8, 4) is 0 Å². The van der Waals surface area contributed by atoms with Crippen molar-refractivity contribution < 1.29 is 0 Å². The molecule has 5 atom stereocenters. The van der Waals surface area contributed by atoms with Crippen LogP contribution < -0.4 is 5.32 Å². The fraction of sp³-hybridized carbons (Fsp3) is 1.00. The third-order valence-electron chi connectivity index (χ3n) is 5.40. The van der Waals surface area contributed by atoms with Gasteiger partial charge in [-0.15, -0.1) is 0 Å². The van der Waals surface area contributed by atoms with Crippen LogP contribution in [0.25, 0.3) is 0 Å². The van der Waals surface area contributed by atoms with Crippen LogP contribution in [-0.4, -0.2) is 36.1 Å². The summed E-state index contributed by atoms with van der Waals surface area (Å²) in [4.78, 5) is 2.81. The molecule has 2 rings (SSSR count). The zero-order valence-corrected chi connectivity index (χ0v) is 12.8. The van der Waals surface area contributed by atoms with Crippen LogP contribution in [0.3, 0.4) is 0 Å². The molecule has 0 aromatic carbocycles. The molecular weight excluding hydrogens is 220 g/mol. The fourth-order valence-corrected chi connectivity index (χ4v) is 3.88. The van der Waals surface area contributed by atoms with Crippen LogP contribution in [0.5, 0.6) is 0 Å². The van der Waals surface area contributed by atoms with E-state index in [-0.39, 0.29) is 0 Å². The molecule has 2 aliphatic rings. The Morgan fingerprint density at radius 3 is 2.06 bits per heavy atom. The molecule has 1 aliphatic heterocycles. The predicted octanol–water partition coefficient (Wildman–Crippen LogP) is 3.27. The van der Waals surface area contributed by atoms with Gasteiger partial charge in [0, 0.05) is 18.1 Å². The van der Waals surface area contributed by atoms with E-state index in [2.05, 4.69) is 37.9 Å². The molecule has 0 bridgehead atoms. The van der Waals surface area contributed by atoms with Gasteiger partial charge in [0.05, 0.1) is 0 Å². The van der Waals surface area contributed by atoms with E-state index >= 15 is 0 Å². The van der Waals surface area contributed by atoms with E-state index in [1.807, 2.05) is 0 Å². The number of nitrogens with one attached hydrogen (secondary N) is 1. The van der Waals surface area contributed by atoms with Crippen LogP contribution in [0.1, 0.15) is 59.8 Å². The Morgan fingerprint density at radius 2 is 1.44 bits per heavy atom. The topological polar surface area (TPSA) is 15.3 Å². The van der Waals surface area contributed by atoms with E-state index in [0.717, 1.165) is 17.9 Å². The molecule has 106 valence electrons. The highest BCUT2D eigenvalue weighted by molar-refractivity contribution is 4.86. The van der Waals surface area contributed by atoms with Crippen molar-refractivity contribution in [3.63, 3.8) is 0 Å². The largest absolute Gasteiger partial charge is 0.312 e. The lowest BCUT2D eigenvalue weighted by Crippen LogP contribution is -2.49. The van der Waals surface area contributed by atoms with Gasteiger partial charge in [0.1, 0.15) is 0 Å². The van der Waals surface area contributed by atoms with Crippen molar-refractivity contribution in [3.05, 3.63) is 0 Å². The zero-order valence-electron chi connectivity index (χ0n) is 12.8. The summed E-state index contributed by atoms with van der Waals surface area (Å²) in [5, 5.41) is 3.70. The normalized spacial score (nSPS) is 44.3. The molecule has 5 unspecified atom stereocenters. The van der Waals surface area contributed by atoms with E-state index in [9.17, 15) is 0 Å². The summed E-state index contributed by atoms with van der Waals surface area (Å²) in [6.45, 7) is 12.2. The number of nitrogens with zero attached hydrogens (tertiary/aromatic N) is 1. The first kappa shape index (κ1) is 14.3. The smallest absolute Gasteiger partial charge is 0.0123 e.